The number of aliphatic hydroxyl groups excluding tert-OH is 1. The van der Waals surface area contributed by atoms with Crippen LogP contribution in [0.25, 0.3) is 0 Å². The zero-order chi connectivity index (χ0) is 26.6. The number of hydrogen-bond donors (Lipinski definition) is 1. The van der Waals surface area contributed by atoms with Crippen LogP contribution in [0.3, 0.4) is 0 Å². The van der Waals surface area contributed by atoms with Gasteiger partial charge in [0.15, 0.2) is 0 Å². The molecule has 3 aromatic carbocycles. The van der Waals surface area contributed by atoms with Crippen LogP contribution < -0.4 is 9.04 Å². The van der Waals surface area contributed by atoms with Crippen LogP contribution in [-0.4, -0.2) is 32.4 Å². The zero-order valence-electron chi connectivity index (χ0n) is 21.3. The monoisotopic (exact) mass is 533 g/mol. The van der Waals surface area contributed by atoms with E-state index in [1.807, 2.05) is 54.6 Å². The molecule has 37 heavy (non-hydrogen) atoms. The van der Waals surface area contributed by atoms with Crippen molar-refractivity contribution < 1.29 is 18.3 Å². The van der Waals surface area contributed by atoms with E-state index in [0.717, 1.165) is 25.3 Å². The van der Waals surface area contributed by atoms with Crippen molar-refractivity contribution in [1.29, 1.82) is 5.26 Å². The smallest absolute Gasteiger partial charge is 0.332 e. The third-order valence-electron chi connectivity index (χ3n) is 6.11. The topological polar surface area (TPSA) is 93.9 Å². The minimum Gasteiger partial charge on any atom is -0.493 e. The van der Waals surface area contributed by atoms with Crippen molar-refractivity contribution in [3.63, 3.8) is 0 Å². The molecule has 0 spiro atoms. The standard InChI is InChI=1S/C28H31N3O4SSi/c1-37(2,3)16-15-30-28(32)20-31(36(30,33)34)26-14-13-23(17-24-11-7-8-12-25(24)19-29)18-27(26)35-21-22-9-5-4-6-10-22/h4-14,18,20,32H,15-17,21H2,1-3H3. The first kappa shape index (κ1) is 26.3. The maximum atomic E-state index is 13.5. The quantitative estimate of drug-likeness (QED) is 0.351. The molecule has 1 aliphatic heterocycles. The molecule has 192 valence electrons. The third-order valence-corrected chi connectivity index (χ3v) is 9.56. The van der Waals surface area contributed by atoms with Gasteiger partial charge < -0.3 is 9.84 Å². The fourth-order valence-corrected chi connectivity index (χ4v) is 6.53. The number of ether oxygens (including phenoxy) is 1. The Labute approximate surface area is 220 Å². The van der Waals surface area contributed by atoms with Gasteiger partial charge >= 0.3 is 10.2 Å². The van der Waals surface area contributed by atoms with Crippen LogP contribution >= 0.6 is 0 Å². The summed E-state index contributed by atoms with van der Waals surface area (Å²) in [6, 6.07) is 25.2. The molecule has 3 aromatic rings. The molecular weight excluding hydrogens is 502 g/mol. The van der Waals surface area contributed by atoms with Gasteiger partial charge in [-0.2, -0.15) is 13.7 Å². The molecule has 7 nitrogen and oxygen atoms in total. The first-order valence-corrected chi connectivity index (χ1v) is 17.2. The average Bonchev–Trinajstić information content (AvgIpc) is 3.09. The van der Waals surface area contributed by atoms with E-state index in [1.54, 1.807) is 18.2 Å². The van der Waals surface area contributed by atoms with Crippen LogP contribution in [0.5, 0.6) is 5.75 Å². The van der Waals surface area contributed by atoms with Crippen molar-refractivity contribution >= 4 is 24.0 Å². The fraction of sp³-hybridized carbons (Fsp3) is 0.250. The van der Waals surface area contributed by atoms with Crippen LogP contribution in [0.15, 0.2) is 84.9 Å². The Bertz CT molecular complexity index is 1440. The lowest BCUT2D eigenvalue weighted by Gasteiger charge is -2.25. The summed E-state index contributed by atoms with van der Waals surface area (Å²) >= 11 is 0. The summed E-state index contributed by atoms with van der Waals surface area (Å²) in [7, 11) is -5.56. The van der Waals surface area contributed by atoms with Crippen molar-refractivity contribution in [2.45, 2.75) is 38.7 Å². The zero-order valence-corrected chi connectivity index (χ0v) is 23.1. The second-order valence-electron chi connectivity index (χ2n) is 10.2. The number of rotatable bonds is 9. The molecule has 0 saturated carbocycles. The molecule has 0 radical (unpaired) electrons. The molecule has 1 aliphatic rings. The van der Waals surface area contributed by atoms with Gasteiger partial charge in [-0.05, 0) is 47.4 Å². The predicted octanol–water partition coefficient (Wildman–Crippen LogP) is 5.79. The highest BCUT2D eigenvalue weighted by atomic mass is 32.2. The molecule has 0 atom stereocenters. The van der Waals surface area contributed by atoms with Crippen molar-refractivity contribution in [3.05, 3.63) is 107 Å². The van der Waals surface area contributed by atoms with Gasteiger partial charge in [-0.25, -0.2) is 8.61 Å². The maximum absolute atomic E-state index is 13.5. The number of benzene rings is 3. The highest BCUT2D eigenvalue weighted by Crippen LogP contribution is 2.38. The van der Waals surface area contributed by atoms with E-state index in [0.29, 0.717) is 29.5 Å². The highest BCUT2D eigenvalue weighted by molar-refractivity contribution is 7.91. The van der Waals surface area contributed by atoms with Crippen molar-refractivity contribution in [3.8, 4) is 11.8 Å². The minimum atomic E-state index is -4.02. The summed E-state index contributed by atoms with van der Waals surface area (Å²) in [4.78, 5) is 0. The van der Waals surface area contributed by atoms with Gasteiger partial charge in [0.25, 0.3) is 0 Å². The molecule has 9 heteroatoms. The van der Waals surface area contributed by atoms with Gasteiger partial charge in [0.1, 0.15) is 18.0 Å². The molecule has 1 N–H and O–H groups in total. The van der Waals surface area contributed by atoms with Crippen LogP contribution in [-0.2, 0) is 23.2 Å². The number of nitrogens with zero attached hydrogens (tertiary/aromatic N) is 3. The molecule has 0 bridgehead atoms. The Morgan fingerprint density at radius 2 is 1.68 bits per heavy atom. The van der Waals surface area contributed by atoms with Crippen LogP contribution in [0, 0.1) is 11.3 Å². The molecule has 0 saturated heterocycles. The number of anilines is 1. The lowest BCUT2D eigenvalue weighted by Crippen LogP contribution is -2.37. The molecule has 0 amide bonds. The lowest BCUT2D eigenvalue weighted by molar-refractivity contribution is 0.294. The second-order valence-corrected chi connectivity index (χ2v) is 17.5. The van der Waals surface area contributed by atoms with Crippen molar-refractivity contribution in [1.82, 2.24) is 4.31 Å². The molecule has 0 aromatic heterocycles. The summed E-state index contributed by atoms with van der Waals surface area (Å²) in [6.45, 7) is 6.95. The van der Waals surface area contributed by atoms with Crippen LogP contribution in [0.2, 0.25) is 25.7 Å². The average molecular weight is 534 g/mol. The first-order chi connectivity index (χ1) is 17.6. The summed E-state index contributed by atoms with van der Waals surface area (Å²) in [5, 5.41) is 20.0. The Hall–Kier alpha value is -3.74. The predicted molar refractivity (Wildman–Crippen MR) is 148 cm³/mol. The largest absolute Gasteiger partial charge is 0.493 e. The van der Waals surface area contributed by atoms with Crippen LogP contribution in [0.4, 0.5) is 5.69 Å². The van der Waals surface area contributed by atoms with Gasteiger partial charge in [0.05, 0.1) is 17.8 Å². The van der Waals surface area contributed by atoms with Crippen molar-refractivity contribution in [2.75, 3.05) is 10.8 Å². The van der Waals surface area contributed by atoms with Gasteiger partial charge in [0, 0.05) is 14.6 Å². The molecule has 0 aliphatic carbocycles. The van der Waals surface area contributed by atoms with E-state index < -0.39 is 18.3 Å². The molecular formula is C28H31N3O4SSi. The van der Waals surface area contributed by atoms with E-state index in [4.69, 9.17) is 4.74 Å². The van der Waals surface area contributed by atoms with Gasteiger partial charge in [-0.15, -0.1) is 0 Å². The Morgan fingerprint density at radius 1 is 0.973 bits per heavy atom. The highest BCUT2D eigenvalue weighted by Gasteiger charge is 2.39. The van der Waals surface area contributed by atoms with E-state index in [9.17, 15) is 18.8 Å². The van der Waals surface area contributed by atoms with Gasteiger partial charge in [0.2, 0.25) is 5.88 Å². The molecule has 0 fully saturated rings. The van der Waals surface area contributed by atoms with Gasteiger partial charge in [-0.3, -0.25) is 0 Å². The molecule has 0 unspecified atom stereocenters. The number of aliphatic hydroxyl groups is 1. The number of nitriles is 1. The summed E-state index contributed by atoms with van der Waals surface area (Å²) in [5.74, 6) is 0.0646. The summed E-state index contributed by atoms with van der Waals surface area (Å²) in [5.41, 5.74) is 3.58. The first-order valence-electron chi connectivity index (χ1n) is 12.1. The molecule has 4 rings (SSSR count). The van der Waals surface area contributed by atoms with Gasteiger partial charge in [-0.1, -0.05) is 74.2 Å². The number of hydrogen-bond acceptors (Lipinski definition) is 5. The fourth-order valence-electron chi connectivity index (χ4n) is 4.03. The third kappa shape index (κ3) is 6.16. The van der Waals surface area contributed by atoms with E-state index in [1.165, 1.54) is 6.20 Å². The maximum Gasteiger partial charge on any atom is 0.332 e. The van der Waals surface area contributed by atoms with Crippen molar-refractivity contribution in [2.24, 2.45) is 0 Å². The Morgan fingerprint density at radius 3 is 2.38 bits per heavy atom. The lowest BCUT2D eigenvalue weighted by atomic mass is 10.00. The molecule has 1 heterocycles. The van der Waals surface area contributed by atoms with Crippen LogP contribution in [0.1, 0.15) is 22.3 Å². The normalized spacial score (nSPS) is 14.8. The summed E-state index contributed by atoms with van der Waals surface area (Å²) < 4.78 is 35.2. The Balaban J connectivity index is 1.68. The second kappa shape index (κ2) is 10.7. The minimum absolute atomic E-state index is 0.222. The van der Waals surface area contributed by atoms with E-state index >= 15 is 0 Å². The summed E-state index contributed by atoms with van der Waals surface area (Å²) in [6.07, 6.45) is 1.72. The van der Waals surface area contributed by atoms with E-state index in [-0.39, 0.29) is 19.0 Å². The van der Waals surface area contributed by atoms with E-state index in [2.05, 4.69) is 25.7 Å². The Kier molecular flexibility index (Phi) is 7.62. The SMILES string of the molecule is C[Si](C)(C)CCN1C(O)=CN(c2ccc(Cc3ccccc3C#N)cc2OCc2ccccc2)S1(=O)=O.